The second-order valence-corrected chi connectivity index (χ2v) is 7.99. The summed E-state index contributed by atoms with van der Waals surface area (Å²) in [6.07, 6.45) is -0.198. The summed E-state index contributed by atoms with van der Waals surface area (Å²) < 4.78 is -0.744. The van der Waals surface area contributed by atoms with E-state index in [0.717, 1.165) is 22.2 Å². The average Bonchev–Trinajstić information content (AvgIpc) is 2.92. The minimum Gasteiger partial charge on any atom is -0.480 e. The van der Waals surface area contributed by atoms with Crippen molar-refractivity contribution in [3.63, 3.8) is 0 Å². The van der Waals surface area contributed by atoms with Crippen LogP contribution in [0.15, 0.2) is 30.3 Å². The SMILES string of the molecule is CC(C#N)(CC(C(=O)O)N1C(=O)CCC1=O)SC(=S)c1ccccc1. The molecule has 1 fully saturated rings. The molecule has 130 valence electrons. The molecule has 6 nitrogen and oxygen atoms in total. The molecule has 0 radical (unpaired) electrons. The van der Waals surface area contributed by atoms with Crippen LogP contribution in [0.25, 0.3) is 0 Å². The lowest BCUT2D eigenvalue weighted by molar-refractivity contribution is -0.154. The van der Waals surface area contributed by atoms with E-state index in [9.17, 15) is 24.8 Å². The number of benzene rings is 1. The Morgan fingerprint density at radius 2 is 1.92 bits per heavy atom. The Bertz CT molecular complexity index is 744. The number of imide groups is 1. The molecule has 1 N–H and O–H groups in total. The Morgan fingerprint density at radius 3 is 2.40 bits per heavy atom. The Morgan fingerprint density at radius 1 is 1.36 bits per heavy atom. The first kappa shape index (κ1) is 19.1. The summed E-state index contributed by atoms with van der Waals surface area (Å²) in [6, 6.07) is 9.77. The molecule has 1 aromatic rings. The van der Waals surface area contributed by atoms with E-state index in [1.54, 1.807) is 19.1 Å². The van der Waals surface area contributed by atoms with Crippen molar-refractivity contribution in [1.29, 1.82) is 5.26 Å². The molecule has 1 aliphatic rings. The molecular formula is C17H16N2O4S2. The molecule has 1 aliphatic heterocycles. The third-order valence-electron chi connectivity index (χ3n) is 3.83. The van der Waals surface area contributed by atoms with Crippen molar-refractivity contribution in [2.45, 2.75) is 37.0 Å². The van der Waals surface area contributed by atoms with Crippen LogP contribution in [0.3, 0.4) is 0 Å². The second kappa shape index (κ2) is 7.76. The fraction of sp³-hybridized carbons (Fsp3) is 0.353. The van der Waals surface area contributed by atoms with Crippen LogP contribution in [0.5, 0.6) is 0 Å². The number of thioether (sulfide) groups is 1. The highest BCUT2D eigenvalue weighted by atomic mass is 32.2. The zero-order valence-corrected chi connectivity index (χ0v) is 15.1. The largest absolute Gasteiger partial charge is 0.480 e. The summed E-state index contributed by atoms with van der Waals surface area (Å²) in [4.78, 5) is 36.1. The molecule has 0 aliphatic carbocycles. The van der Waals surface area contributed by atoms with Gasteiger partial charge in [0.25, 0.3) is 0 Å². The topological polar surface area (TPSA) is 98.5 Å². The van der Waals surface area contributed by atoms with Crippen molar-refractivity contribution >= 4 is 46.0 Å². The van der Waals surface area contributed by atoms with Crippen molar-refractivity contribution in [3.05, 3.63) is 35.9 Å². The number of carboxylic acids is 1. The van der Waals surface area contributed by atoms with Gasteiger partial charge in [0.05, 0.1) is 10.3 Å². The maximum absolute atomic E-state index is 11.9. The summed E-state index contributed by atoms with van der Waals surface area (Å²) in [5, 5.41) is 19.1. The first-order valence-electron chi connectivity index (χ1n) is 7.55. The molecule has 2 rings (SSSR count). The number of rotatable bonds is 6. The van der Waals surface area contributed by atoms with Crippen LogP contribution in [-0.4, -0.2) is 42.8 Å². The zero-order chi connectivity index (χ0) is 18.6. The Hall–Kier alpha value is -2.24. The minimum atomic E-state index is -1.38. The van der Waals surface area contributed by atoms with Crippen molar-refractivity contribution in [2.75, 3.05) is 0 Å². The van der Waals surface area contributed by atoms with E-state index in [1.807, 2.05) is 18.2 Å². The van der Waals surface area contributed by atoms with Gasteiger partial charge in [-0.25, -0.2) is 4.79 Å². The number of carboxylic acid groups (broad SMARTS) is 1. The van der Waals surface area contributed by atoms with Crippen molar-refractivity contribution in [2.24, 2.45) is 0 Å². The lowest BCUT2D eigenvalue weighted by Crippen LogP contribution is -2.47. The van der Waals surface area contributed by atoms with Gasteiger partial charge in [-0.3, -0.25) is 14.5 Å². The van der Waals surface area contributed by atoms with Gasteiger partial charge in [-0.2, -0.15) is 5.26 Å². The zero-order valence-electron chi connectivity index (χ0n) is 13.5. The summed E-state index contributed by atoms with van der Waals surface area (Å²) >= 11 is 6.42. The lowest BCUT2D eigenvalue weighted by Gasteiger charge is -2.29. The van der Waals surface area contributed by atoms with E-state index < -0.39 is 28.6 Å². The third kappa shape index (κ3) is 4.44. The van der Waals surface area contributed by atoms with E-state index in [-0.39, 0.29) is 19.3 Å². The Balaban J connectivity index is 2.21. The molecule has 0 spiro atoms. The first-order chi connectivity index (χ1) is 11.8. The van der Waals surface area contributed by atoms with Crippen LogP contribution in [0.1, 0.15) is 31.7 Å². The molecular weight excluding hydrogens is 360 g/mol. The number of hydrogen-bond donors (Lipinski definition) is 1. The molecule has 1 aromatic carbocycles. The summed E-state index contributed by atoms with van der Waals surface area (Å²) in [5.41, 5.74) is 0.754. The molecule has 0 bridgehead atoms. The first-order valence-corrected chi connectivity index (χ1v) is 8.77. The maximum Gasteiger partial charge on any atom is 0.327 e. The molecule has 2 unspecified atom stereocenters. The van der Waals surface area contributed by atoms with Gasteiger partial charge < -0.3 is 5.11 Å². The molecule has 25 heavy (non-hydrogen) atoms. The van der Waals surface area contributed by atoms with Crippen molar-refractivity contribution in [1.82, 2.24) is 4.90 Å². The van der Waals surface area contributed by atoms with Gasteiger partial charge in [-0.15, -0.1) is 0 Å². The number of nitriles is 1. The number of amides is 2. The molecule has 2 atom stereocenters. The number of thiocarbonyl (C=S) groups is 1. The Kier molecular flexibility index (Phi) is 5.93. The van der Waals surface area contributed by atoms with E-state index in [0.29, 0.717) is 4.20 Å². The van der Waals surface area contributed by atoms with Crippen LogP contribution >= 0.6 is 24.0 Å². The van der Waals surface area contributed by atoms with E-state index in [1.165, 1.54) is 0 Å². The fourth-order valence-corrected chi connectivity index (χ4v) is 4.19. The number of hydrogen-bond acceptors (Lipinski definition) is 6. The monoisotopic (exact) mass is 376 g/mol. The van der Waals surface area contributed by atoms with Crippen molar-refractivity contribution in [3.8, 4) is 6.07 Å². The lowest BCUT2D eigenvalue weighted by atomic mass is 10.0. The Labute approximate surface area is 154 Å². The molecule has 8 heteroatoms. The molecule has 1 heterocycles. The predicted octanol–water partition coefficient (Wildman–Crippen LogP) is 2.37. The van der Waals surface area contributed by atoms with Gasteiger partial charge in [0.1, 0.15) is 10.8 Å². The van der Waals surface area contributed by atoms with Gasteiger partial charge in [0.2, 0.25) is 11.8 Å². The number of carbonyl (C=O) groups is 3. The standard InChI is InChI=1S/C17H16N2O4S2/c1-17(10-18,25-16(24)11-5-3-2-4-6-11)9-12(15(22)23)19-13(20)7-8-14(19)21/h2-6,12H,7-9H2,1H3,(H,22,23). The predicted molar refractivity (Wildman–Crippen MR) is 96.9 cm³/mol. The number of aliphatic carboxylic acids is 1. The number of nitrogens with zero attached hydrogens (tertiary/aromatic N) is 2. The van der Waals surface area contributed by atoms with Gasteiger partial charge in [-0.05, 0) is 12.5 Å². The van der Waals surface area contributed by atoms with E-state index in [4.69, 9.17) is 12.2 Å². The summed E-state index contributed by atoms with van der Waals surface area (Å²) in [5.74, 6) is -2.35. The van der Waals surface area contributed by atoms with E-state index in [2.05, 4.69) is 6.07 Å². The average molecular weight is 376 g/mol. The van der Waals surface area contributed by atoms with Crippen LogP contribution in [0.4, 0.5) is 0 Å². The van der Waals surface area contributed by atoms with Crippen molar-refractivity contribution < 1.29 is 19.5 Å². The van der Waals surface area contributed by atoms with Gasteiger partial charge in [0, 0.05) is 19.3 Å². The highest BCUT2D eigenvalue weighted by Crippen LogP contribution is 2.35. The highest BCUT2D eigenvalue weighted by Gasteiger charge is 2.43. The summed E-state index contributed by atoms with van der Waals surface area (Å²) in [6.45, 7) is 1.56. The van der Waals surface area contributed by atoms with Gasteiger partial charge in [-0.1, -0.05) is 54.3 Å². The fourth-order valence-electron chi connectivity index (χ4n) is 2.55. The third-order valence-corrected chi connectivity index (χ3v) is 5.45. The summed E-state index contributed by atoms with van der Waals surface area (Å²) in [7, 11) is 0. The second-order valence-electron chi connectivity index (χ2n) is 5.81. The van der Waals surface area contributed by atoms with Crippen LogP contribution in [0.2, 0.25) is 0 Å². The van der Waals surface area contributed by atoms with Gasteiger partial charge in [0.15, 0.2) is 0 Å². The minimum absolute atomic E-state index is 0.00144. The molecule has 0 saturated carbocycles. The van der Waals surface area contributed by atoms with Crippen LogP contribution in [0, 0.1) is 11.3 Å². The van der Waals surface area contributed by atoms with Crippen LogP contribution in [-0.2, 0) is 14.4 Å². The molecule has 1 saturated heterocycles. The number of likely N-dealkylation sites (tertiary alicyclic amines) is 1. The van der Waals surface area contributed by atoms with Crippen LogP contribution < -0.4 is 0 Å². The van der Waals surface area contributed by atoms with Gasteiger partial charge >= 0.3 is 5.97 Å². The normalized spacial score (nSPS) is 17.7. The molecule has 0 aromatic heterocycles. The maximum atomic E-state index is 11.9. The molecule has 2 amide bonds. The number of carbonyl (C=O) groups excluding carboxylic acids is 2. The highest BCUT2D eigenvalue weighted by molar-refractivity contribution is 8.24. The van der Waals surface area contributed by atoms with E-state index >= 15 is 0 Å². The smallest absolute Gasteiger partial charge is 0.327 e. The quantitative estimate of drug-likeness (QED) is 0.601.